The van der Waals surface area contributed by atoms with Crippen molar-refractivity contribution >= 4 is 23.6 Å². The smallest absolute Gasteiger partial charge is 0.407 e. The maximum atomic E-state index is 11.8. The van der Waals surface area contributed by atoms with Crippen LogP contribution in [0.4, 0.5) is 21.1 Å². The summed E-state index contributed by atoms with van der Waals surface area (Å²) < 4.78 is 5.58. The van der Waals surface area contributed by atoms with Crippen molar-refractivity contribution < 1.29 is 24.5 Å². The highest BCUT2D eigenvalue weighted by Crippen LogP contribution is 2.31. The molecule has 11 nitrogen and oxygen atoms in total. The van der Waals surface area contributed by atoms with Crippen molar-refractivity contribution in [1.29, 1.82) is 0 Å². The lowest BCUT2D eigenvalue weighted by Crippen LogP contribution is -2.46. The van der Waals surface area contributed by atoms with Crippen LogP contribution in [0, 0.1) is 0 Å². The molecule has 1 saturated heterocycles. The Kier molecular flexibility index (Phi) is 6.90. The number of hydrogen-bond acceptors (Lipinski definition) is 7. The molecule has 0 spiro atoms. The summed E-state index contributed by atoms with van der Waals surface area (Å²) in [5, 5.41) is 23.5. The number of morpholine rings is 1. The maximum absolute atomic E-state index is 11.8. The molecule has 2 aliphatic heterocycles. The Morgan fingerprint density at radius 3 is 2.70 bits per heavy atom. The molecule has 1 aromatic carbocycles. The van der Waals surface area contributed by atoms with Gasteiger partial charge in [-0.25, -0.2) is 19.6 Å². The van der Waals surface area contributed by atoms with E-state index in [-0.39, 0.29) is 25.7 Å². The van der Waals surface area contributed by atoms with Crippen LogP contribution >= 0.6 is 0 Å². The summed E-state index contributed by atoms with van der Waals surface area (Å²) in [5.74, 6) is 1.31. The average Bonchev–Trinajstić information content (AvgIpc) is 2.82. The predicted molar refractivity (Wildman–Crippen MR) is 121 cm³/mol. The van der Waals surface area contributed by atoms with E-state index in [4.69, 9.17) is 19.8 Å². The van der Waals surface area contributed by atoms with E-state index in [1.165, 1.54) is 4.90 Å². The Balaban J connectivity index is 1.64. The lowest BCUT2D eigenvalue weighted by molar-refractivity contribution is 0.0981. The van der Waals surface area contributed by atoms with Crippen molar-refractivity contribution in [3.63, 3.8) is 0 Å². The third-order valence-corrected chi connectivity index (χ3v) is 5.75. The van der Waals surface area contributed by atoms with E-state index in [2.05, 4.69) is 22.5 Å². The second-order valence-electron chi connectivity index (χ2n) is 8.05. The quantitative estimate of drug-likeness (QED) is 0.531. The van der Waals surface area contributed by atoms with E-state index in [1.54, 1.807) is 12.1 Å². The first-order valence-corrected chi connectivity index (χ1v) is 10.9. The van der Waals surface area contributed by atoms with Crippen molar-refractivity contribution in [2.75, 3.05) is 49.7 Å². The Hall–Kier alpha value is -3.44. The minimum absolute atomic E-state index is 0.106. The standard InChI is InChI=1S/C22H28N6O5/c1-14-13-33-11-9-28(14)20-17-12-27(22(31)32)8-6-18(17)25-19(26-20)15-2-4-16(5-3-15)24-21(30)23-7-10-29/h2-5,14,29H,6-13H2,1H3,(H,31,32)(H2,23,24,30). The zero-order valence-electron chi connectivity index (χ0n) is 18.5. The molecule has 0 radical (unpaired) electrons. The molecule has 4 N–H and O–H groups in total. The van der Waals surface area contributed by atoms with Crippen LogP contribution in [0.15, 0.2) is 24.3 Å². The van der Waals surface area contributed by atoms with Crippen molar-refractivity contribution in [3.8, 4) is 11.4 Å². The average molecular weight is 457 g/mol. The molecule has 1 unspecified atom stereocenters. The van der Waals surface area contributed by atoms with Gasteiger partial charge in [0, 0.05) is 42.9 Å². The fourth-order valence-electron chi connectivity index (χ4n) is 4.02. The first-order valence-electron chi connectivity index (χ1n) is 10.9. The Morgan fingerprint density at radius 2 is 2.00 bits per heavy atom. The van der Waals surface area contributed by atoms with Crippen LogP contribution in [0.2, 0.25) is 0 Å². The Labute approximate surface area is 191 Å². The molecule has 1 aromatic heterocycles. The number of nitrogens with one attached hydrogen (secondary N) is 2. The maximum Gasteiger partial charge on any atom is 0.407 e. The summed E-state index contributed by atoms with van der Waals surface area (Å²) in [6, 6.07) is 6.91. The first-order chi connectivity index (χ1) is 16.0. The molecule has 2 aliphatic rings. The molecule has 1 fully saturated rings. The molecule has 0 saturated carbocycles. The van der Waals surface area contributed by atoms with Crippen LogP contribution in [0.3, 0.4) is 0 Å². The number of aromatic nitrogens is 2. The van der Waals surface area contributed by atoms with Crippen molar-refractivity contribution in [3.05, 3.63) is 35.5 Å². The third kappa shape index (κ3) is 5.15. The molecule has 176 valence electrons. The lowest BCUT2D eigenvalue weighted by Gasteiger charge is -2.37. The van der Waals surface area contributed by atoms with Gasteiger partial charge in [-0.15, -0.1) is 0 Å². The number of nitrogens with zero attached hydrogens (tertiary/aromatic N) is 4. The molecule has 0 aliphatic carbocycles. The number of fused-ring (bicyclic) bond motifs is 1. The molecule has 33 heavy (non-hydrogen) atoms. The summed E-state index contributed by atoms with van der Waals surface area (Å²) in [6.45, 7) is 4.59. The van der Waals surface area contributed by atoms with E-state index < -0.39 is 12.1 Å². The van der Waals surface area contributed by atoms with E-state index in [0.717, 1.165) is 22.6 Å². The van der Waals surface area contributed by atoms with Crippen LogP contribution in [0.25, 0.3) is 11.4 Å². The van der Waals surface area contributed by atoms with Gasteiger partial charge >= 0.3 is 12.1 Å². The van der Waals surface area contributed by atoms with Gasteiger partial charge in [-0.2, -0.15) is 0 Å². The predicted octanol–water partition coefficient (Wildman–Crippen LogP) is 1.52. The van der Waals surface area contributed by atoms with Gasteiger partial charge < -0.3 is 35.4 Å². The van der Waals surface area contributed by atoms with Gasteiger partial charge in [0.1, 0.15) is 5.82 Å². The molecule has 3 amide bonds. The molecule has 2 aromatic rings. The highest BCUT2D eigenvalue weighted by molar-refractivity contribution is 5.89. The number of carbonyl (C=O) groups excluding carboxylic acids is 1. The highest BCUT2D eigenvalue weighted by atomic mass is 16.5. The van der Waals surface area contributed by atoms with E-state index in [0.29, 0.717) is 44.2 Å². The number of hydrogen-bond donors (Lipinski definition) is 4. The van der Waals surface area contributed by atoms with Gasteiger partial charge in [0.15, 0.2) is 5.82 Å². The summed E-state index contributed by atoms with van der Waals surface area (Å²) in [5.41, 5.74) is 3.10. The Morgan fingerprint density at radius 1 is 1.21 bits per heavy atom. The molecular weight excluding hydrogens is 428 g/mol. The van der Waals surface area contributed by atoms with Crippen LogP contribution < -0.4 is 15.5 Å². The molecule has 0 bridgehead atoms. The molecule has 11 heteroatoms. The van der Waals surface area contributed by atoms with Crippen LogP contribution in [-0.4, -0.2) is 82.7 Å². The van der Waals surface area contributed by atoms with Gasteiger partial charge in [-0.3, -0.25) is 0 Å². The molecule has 4 rings (SSSR count). The second-order valence-corrected chi connectivity index (χ2v) is 8.05. The lowest BCUT2D eigenvalue weighted by atomic mass is 10.0. The van der Waals surface area contributed by atoms with Crippen LogP contribution in [0.1, 0.15) is 18.2 Å². The number of aliphatic hydroxyl groups excluding tert-OH is 1. The minimum atomic E-state index is -0.947. The fourth-order valence-corrected chi connectivity index (χ4v) is 4.02. The van der Waals surface area contributed by atoms with Crippen LogP contribution in [0.5, 0.6) is 0 Å². The SMILES string of the molecule is CC1COCCN1c1nc(-c2ccc(NC(=O)NCCO)cc2)nc2c1CN(C(=O)O)CC2. The van der Waals surface area contributed by atoms with Gasteiger partial charge in [0.2, 0.25) is 0 Å². The summed E-state index contributed by atoms with van der Waals surface area (Å²) in [4.78, 5) is 36.6. The summed E-state index contributed by atoms with van der Waals surface area (Å²) in [6.07, 6.45) is -0.426. The number of urea groups is 1. The molecule has 1 atom stereocenters. The largest absolute Gasteiger partial charge is 0.465 e. The number of carbonyl (C=O) groups is 2. The minimum Gasteiger partial charge on any atom is -0.465 e. The normalized spacial score (nSPS) is 17.9. The fraction of sp³-hybridized carbons (Fsp3) is 0.455. The molecular formula is C22H28N6O5. The van der Waals surface area contributed by atoms with Gasteiger partial charge in [0.05, 0.1) is 38.1 Å². The number of anilines is 2. The number of rotatable bonds is 5. The van der Waals surface area contributed by atoms with Gasteiger partial charge in [-0.05, 0) is 31.2 Å². The first kappa shape index (κ1) is 22.7. The second kappa shape index (κ2) is 10.0. The van der Waals surface area contributed by atoms with Crippen molar-refractivity contribution in [1.82, 2.24) is 20.2 Å². The van der Waals surface area contributed by atoms with Crippen LogP contribution in [-0.2, 0) is 17.7 Å². The Bertz CT molecular complexity index is 1020. The van der Waals surface area contributed by atoms with Crippen molar-refractivity contribution in [2.24, 2.45) is 0 Å². The zero-order valence-corrected chi connectivity index (χ0v) is 18.5. The number of ether oxygens (including phenoxy) is 1. The number of benzene rings is 1. The third-order valence-electron chi connectivity index (χ3n) is 5.75. The molecule has 3 heterocycles. The van der Waals surface area contributed by atoms with E-state index >= 15 is 0 Å². The van der Waals surface area contributed by atoms with Gasteiger partial charge in [0.25, 0.3) is 0 Å². The summed E-state index contributed by atoms with van der Waals surface area (Å²) in [7, 11) is 0. The van der Waals surface area contributed by atoms with E-state index in [1.807, 2.05) is 12.1 Å². The number of amides is 3. The van der Waals surface area contributed by atoms with E-state index in [9.17, 15) is 14.7 Å². The topological polar surface area (TPSA) is 140 Å². The monoisotopic (exact) mass is 456 g/mol. The summed E-state index contributed by atoms with van der Waals surface area (Å²) >= 11 is 0. The zero-order chi connectivity index (χ0) is 23.4. The highest BCUT2D eigenvalue weighted by Gasteiger charge is 2.30. The van der Waals surface area contributed by atoms with Gasteiger partial charge in [-0.1, -0.05) is 0 Å². The number of carboxylic acid groups (broad SMARTS) is 1. The number of aliphatic hydroxyl groups is 1. The van der Waals surface area contributed by atoms with Crippen molar-refractivity contribution in [2.45, 2.75) is 25.9 Å².